The minimum absolute atomic E-state index is 0.119. The molecule has 21 heavy (non-hydrogen) atoms. The molecule has 4 nitrogen and oxygen atoms in total. The van der Waals surface area contributed by atoms with Gasteiger partial charge in [0.25, 0.3) is 0 Å². The van der Waals surface area contributed by atoms with Gasteiger partial charge in [-0.1, -0.05) is 0 Å². The quantitative estimate of drug-likeness (QED) is 0.922. The molecule has 2 aromatic rings. The Hall–Kier alpha value is -1.75. The fourth-order valence-electron chi connectivity index (χ4n) is 2.79. The number of urea groups is 1. The first kappa shape index (κ1) is 14.2. The van der Waals surface area contributed by atoms with E-state index in [-0.39, 0.29) is 6.03 Å². The molecule has 0 radical (unpaired) electrons. The molecule has 1 saturated heterocycles. The van der Waals surface area contributed by atoms with Crippen LogP contribution in [0.2, 0.25) is 0 Å². The molecule has 112 valence electrons. The molecule has 1 aliphatic heterocycles. The predicted molar refractivity (Wildman–Crippen MR) is 89.1 cm³/mol. The van der Waals surface area contributed by atoms with Crippen LogP contribution in [0, 0.1) is 0 Å². The summed E-state index contributed by atoms with van der Waals surface area (Å²) in [7, 11) is 3.62. The molecule has 0 aliphatic carbocycles. The Morgan fingerprint density at radius 3 is 2.76 bits per heavy atom. The lowest BCUT2D eigenvalue weighted by Crippen LogP contribution is -2.46. The van der Waals surface area contributed by atoms with Crippen molar-refractivity contribution < 1.29 is 4.79 Å². The molecule has 0 spiro atoms. The van der Waals surface area contributed by atoms with Crippen LogP contribution < -0.4 is 5.32 Å². The van der Waals surface area contributed by atoms with Gasteiger partial charge in [-0.2, -0.15) is 0 Å². The second-order valence-corrected chi connectivity index (χ2v) is 6.70. The van der Waals surface area contributed by atoms with Gasteiger partial charge in [0.1, 0.15) is 0 Å². The number of nitrogens with zero attached hydrogens (tertiary/aromatic N) is 2. The number of nitrogens with one attached hydrogen (secondary N) is 1. The summed E-state index contributed by atoms with van der Waals surface area (Å²) in [6.45, 7) is 1.66. The lowest BCUT2D eigenvalue weighted by Gasteiger charge is -2.34. The summed E-state index contributed by atoms with van der Waals surface area (Å²) in [5.41, 5.74) is 1.18. The largest absolute Gasteiger partial charge is 0.382 e. The van der Waals surface area contributed by atoms with Crippen LogP contribution in [0.25, 0.3) is 10.1 Å². The van der Waals surface area contributed by atoms with Gasteiger partial charge in [0.2, 0.25) is 0 Å². The Morgan fingerprint density at radius 2 is 2.05 bits per heavy atom. The van der Waals surface area contributed by atoms with Crippen molar-refractivity contribution >= 4 is 33.1 Å². The minimum atomic E-state index is 0.119. The van der Waals surface area contributed by atoms with Crippen LogP contribution in [-0.4, -0.2) is 49.1 Å². The zero-order valence-corrected chi connectivity index (χ0v) is 13.3. The van der Waals surface area contributed by atoms with Crippen LogP contribution in [0.1, 0.15) is 12.8 Å². The van der Waals surface area contributed by atoms with Gasteiger partial charge in [-0.25, -0.2) is 4.79 Å². The Balaban J connectivity index is 1.58. The van der Waals surface area contributed by atoms with E-state index in [0.29, 0.717) is 6.04 Å². The number of fused-ring (bicyclic) bond motifs is 1. The number of benzene rings is 1. The van der Waals surface area contributed by atoms with Crippen molar-refractivity contribution in [1.29, 1.82) is 0 Å². The van der Waals surface area contributed by atoms with E-state index in [1.165, 1.54) is 15.8 Å². The van der Waals surface area contributed by atoms with Crippen molar-refractivity contribution in [3.63, 3.8) is 0 Å². The van der Waals surface area contributed by atoms with Crippen LogP contribution in [-0.2, 0) is 0 Å². The predicted octanol–water partition coefficient (Wildman–Crippen LogP) is 3.46. The Labute approximate surface area is 129 Å². The highest BCUT2D eigenvalue weighted by Crippen LogP contribution is 2.25. The highest BCUT2D eigenvalue weighted by Gasteiger charge is 2.23. The lowest BCUT2D eigenvalue weighted by molar-refractivity contribution is 0.158. The molecule has 1 aliphatic rings. The number of piperidine rings is 1. The van der Waals surface area contributed by atoms with E-state index < -0.39 is 0 Å². The van der Waals surface area contributed by atoms with Crippen LogP contribution >= 0.6 is 11.3 Å². The molecule has 0 bridgehead atoms. The summed E-state index contributed by atoms with van der Waals surface area (Å²) >= 11 is 1.77. The fourth-order valence-corrected chi connectivity index (χ4v) is 3.56. The number of amides is 2. The summed E-state index contributed by atoms with van der Waals surface area (Å²) < 4.78 is 1.33. The van der Waals surface area contributed by atoms with Crippen LogP contribution in [0.5, 0.6) is 0 Å². The van der Waals surface area contributed by atoms with Gasteiger partial charge in [0.05, 0.1) is 0 Å². The van der Waals surface area contributed by atoms with Gasteiger partial charge in [-0.3, -0.25) is 0 Å². The Morgan fingerprint density at radius 1 is 1.29 bits per heavy atom. The van der Waals surface area contributed by atoms with Gasteiger partial charge >= 0.3 is 6.03 Å². The number of hydrogen-bond donors (Lipinski definition) is 1. The van der Waals surface area contributed by atoms with E-state index >= 15 is 0 Å². The summed E-state index contributed by atoms with van der Waals surface area (Å²) in [5, 5.41) is 7.03. The van der Waals surface area contributed by atoms with E-state index in [1.807, 2.05) is 19.0 Å². The molecule has 1 fully saturated rings. The van der Waals surface area contributed by atoms with E-state index in [0.717, 1.165) is 25.9 Å². The standard InChI is InChI=1S/C16H21N3OS/c1-18(2)16(20)19-8-5-13(6-9-19)17-14-3-4-15-12(11-14)7-10-21-15/h3-4,7,10-11,13,17H,5-6,8-9H2,1-2H3. The van der Waals surface area contributed by atoms with Gasteiger partial charge in [0, 0.05) is 43.6 Å². The van der Waals surface area contributed by atoms with Crippen molar-refractivity contribution in [2.45, 2.75) is 18.9 Å². The summed E-state index contributed by atoms with van der Waals surface area (Å²) in [6, 6.07) is 9.26. The highest BCUT2D eigenvalue weighted by atomic mass is 32.1. The first-order chi connectivity index (χ1) is 10.1. The Kier molecular flexibility index (Phi) is 4.01. The first-order valence-corrected chi connectivity index (χ1v) is 8.21. The van der Waals surface area contributed by atoms with Crippen LogP contribution in [0.3, 0.4) is 0 Å². The van der Waals surface area contributed by atoms with Crippen molar-refractivity contribution in [3.8, 4) is 0 Å². The van der Waals surface area contributed by atoms with Crippen molar-refractivity contribution in [2.75, 3.05) is 32.5 Å². The van der Waals surface area contributed by atoms with Crippen molar-refractivity contribution in [1.82, 2.24) is 9.80 Å². The third-order valence-electron chi connectivity index (χ3n) is 3.97. The van der Waals surface area contributed by atoms with Gasteiger partial charge in [0.15, 0.2) is 0 Å². The van der Waals surface area contributed by atoms with E-state index in [2.05, 4.69) is 35.0 Å². The van der Waals surface area contributed by atoms with Crippen LogP contribution in [0.15, 0.2) is 29.6 Å². The number of carbonyl (C=O) groups is 1. The van der Waals surface area contributed by atoms with Crippen molar-refractivity contribution in [3.05, 3.63) is 29.6 Å². The SMILES string of the molecule is CN(C)C(=O)N1CCC(Nc2ccc3sccc3c2)CC1. The Bertz CT molecular complexity index is 629. The number of hydrogen-bond acceptors (Lipinski definition) is 3. The van der Waals surface area contributed by atoms with E-state index in [1.54, 1.807) is 16.2 Å². The van der Waals surface area contributed by atoms with E-state index in [9.17, 15) is 4.79 Å². The van der Waals surface area contributed by atoms with Gasteiger partial charge in [-0.05, 0) is 47.9 Å². The zero-order valence-electron chi connectivity index (χ0n) is 12.5. The molecule has 3 rings (SSSR count). The molecule has 5 heteroatoms. The maximum atomic E-state index is 11.9. The normalized spacial score (nSPS) is 16.2. The van der Waals surface area contributed by atoms with Gasteiger partial charge in [-0.15, -0.1) is 11.3 Å². The summed E-state index contributed by atoms with van der Waals surface area (Å²) in [4.78, 5) is 15.5. The maximum absolute atomic E-state index is 11.9. The maximum Gasteiger partial charge on any atom is 0.319 e. The average molecular weight is 303 g/mol. The monoisotopic (exact) mass is 303 g/mol. The molecule has 2 heterocycles. The minimum Gasteiger partial charge on any atom is -0.382 e. The number of likely N-dealkylation sites (tertiary alicyclic amines) is 1. The molecule has 1 N–H and O–H groups in total. The topological polar surface area (TPSA) is 35.6 Å². The molecule has 0 atom stereocenters. The first-order valence-electron chi connectivity index (χ1n) is 7.33. The molecule has 1 aromatic carbocycles. The second-order valence-electron chi connectivity index (χ2n) is 5.76. The second kappa shape index (κ2) is 5.93. The number of carbonyl (C=O) groups excluding carboxylic acids is 1. The molecular weight excluding hydrogens is 282 g/mol. The van der Waals surface area contributed by atoms with Gasteiger partial charge < -0.3 is 15.1 Å². The van der Waals surface area contributed by atoms with Crippen molar-refractivity contribution in [2.24, 2.45) is 0 Å². The average Bonchev–Trinajstić information content (AvgIpc) is 2.95. The molecule has 0 unspecified atom stereocenters. The molecule has 0 saturated carbocycles. The third-order valence-corrected chi connectivity index (χ3v) is 4.87. The summed E-state index contributed by atoms with van der Waals surface area (Å²) in [5.74, 6) is 0. The van der Waals surface area contributed by atoms with E-state index in [4.69, 9.17) is 0 Å². The smallest absolute Gasteiger partial charge is 0.319 e. The highest BCUT2D eigenvalue weighted by molar-refractivity contribution is 7.17. The third kappa shape index (κ3) is 3.13. The summed E-state index contributed by atoms with van der Waals surface area (Å²) in [6.07, 6.45) is 2.00. The van der Waals surface area contributed by atoms with Crippen LogP contribution in [0.4, 0.5) is 10.5 Å². The molecule has 2 amide bonds. The number of thiophene rings is 1. The number of anilines is 1. The molecule has 1 aromatic heterocycles. The number of rotatable bonds is 2. The molecular formula is C16H21N3OS. The fraction of sp³-hybridized carbons (Fsp3) is 0.438. The zero-order chi connectivity index (χ0) is 14.8. The lowest BCUT2D eigenvalue weighted by atomic mass is 10.0.